The van der Waals surface area contributed by atoms with E-state index in [9.17, 15) is 19.5 Å². The van der Waals surface area contributed by atoms with Crippen molar-refractivity contribution in [1.29, 1.82) is 0 Å². The van der Waals surface area contributed by atoms with E-state index in [-0.39, 0.29) is 42.3 Å². The second-order valence-electron chi connectivity index (χ2n) is 10.4. The maximum absolute atomic E-state index is 13.6. The fraction of sp³-hybridized carbons (Fsp3) is 0.273. The van der Waals surface area contributed by atoms with Gasteiger partial charge in [0.25, 0.3) is 5.56 Å². The number of carbonyl (C=O) groups is 1. The van der Waals surface area contributed by atoms with Crippen LogP contribution in [0.2, 0.25) is 0 Å². The molecule has 0 saturated heterocycles. The van der Waals surface area contributed by atoms with Crippen LogP contribution >= 0.6 is 0 Å². The highest BCUT2D eigenvalue weighted by Crippen LogP contribution is 2.25. The number of anilines is 1. The minimum Gasteiger partial charge on any atom is -0.506 e. The molecule has 0 atom stereocenters. The van der Waals surface area contributed by atoms with Crippen LogP contribution in [0.1, 0.15) is 31.2 Å². The Morgan fingerprint density at radius 1 is 0.932 bits per heavy atom. The van der Waals surface area contributed by atoms with Crippen molar-refractivity contribution < 1.29 is 19.4 Å². The van der Waals surface area contributed by atoms with E-state index in [4.69, 9.17) is 9.47 Å². The second kappa shape index (κ2) is 14.2. The molecule has 2 aromatic heterocycles. The number of benzene rings is 3. The maximum Gasteiger partial charge on any atom is 0.331 e. The van der Waals surface area contributed by atoms with Crippen LogP contribution in [0.3, 0.4) is 0 Å². The lowest BCUT2D eigenvalue weighted by Crippen LogP contribution is -2.40. The number of unbranched alkanes of at least 4 members (excludes halogenated alkanes) is 1. The van der Waals surface area contributed by atoms with Crippen LogP contribution < -0.4 is 26.0 Å². The van der Waals surface area contributed by atoms with Gasteiger partial charge in [0.1, 0.15) is 22.8 Å². The van der Waals surface area contributed by atoms with E-state index in [1.165, 1.54) is 15.2 Å². The van der Waals surface area contributed by atoms with E-state index < -0.39 is 11.2 Å². The van der Waals surface area contributed by atoms with Crippen molar-refractivity contribution in [2.75, 3.05) is 19.0 Å². The summed E-state index contributed by atoms with van der Waals surface area (Å²) in [6.07, 6.45) is 7.77. The van der Waals surface area contributed by atoms with Gasteiger partial charge in [-0.2, -0.15) is 0 Å². The summed E-state index contributed by atoms with van der Waals surface area (Å²) in [5.41, 5.74) is 0.516. The molecular weight excluding hydrogens is 562 g/mol. The van der Waals surface area contributed by atoms with Gasteiger partial charge in [-0.15, -0.1) is 0 Å². The van der Waals surface area contributed by atoms with Gasteiger partial charge < -0.3 is 24.5 Å². The average molecular weight is 598 g/mol. The summed E-state index contributed by atoms with van der Waals surface area (Å²) >= 11 is 0. The van der Waals surface area contributed by atoms with E-state index in [0.717, 1.165) is 24.9 Å². The third-order valence-corrected chi connectivity index (χ3v) is 7.30. The Labute approximate surface area is 253 Å². The Hall–Kier alpha value is -5.32. The fourth-order valence-corrected chi connectivity index (χ4v) is 5.03. The van der Waals surface area contributed by atoms with Gasteiger partial charge in [-0.25, -0.2) is 9.78 Å². The zero-order valence-electron chi connectivity index (χ0n) is 24.5. The number of nitrogens with zero attached hydrogens (tertiary/aromatic N) is 4. The van der Waals surface area contributed by atoms with E-state index in [2.05, 4.69) is 10.3 Å². The van der Waals surface area contributed by atoms with Gasteiger partial charge >= 0.3 is 5.69 Å². The first-order chi connectivity index (χ1) is 21.4. The number of fused-ring (bicyclic) bond motifs is 1. The molecule has 0 saturated carbocycles. The summed E-state index contributed by atoms with van der Waals surface area (Å²) in [5, 5.41) is 13.8. The lowest BCUT2D eigenvalue weighted by molar-refractivity contribution is -0.116. The molecule has 5 aromatic rings. The van der Waals surface area contributed by atoms with Gasteiger partial charge in [-0.05, 0) is 61.2 Å². The van der Waals surface area contributed by atoms with E-state index in [0.29, 0.717) is 30.0 Å². The van der Waals surface area contributed by atoms with Crippen molar-refractivity contribution in [3.63, 3.8) is 0 Å². The van der Waals surface area contributed by atoms with Crippen molar-refractivity contribution in [3.8, 4) is 17.2 Å². The van der Waals surface area contributed by atoms with Gasteiger partial charge in [-0.1, -0.05) is 30.3 Å². The summed E-state index contributed by atoms with van der Waals surface area (Å²) in [6.45, 7) is 1.31. The zero-order chi connectivity index (χ0) is 30.9. The molecule has 228 valence electrons. The number of aryl methyl sites for hydroxylation is 2. The van der Waals surface area contributed by atoms with Crippen LogP contribution in [0.5, 0.6) is 17.2 Å². The first kappa shape index (κ1) is 30.1. The summed E-state index contributed by atoms with van der Waals surface area (Å²) < 4.78 is 15.8. The third kappa shape index (κ3) is 7.17. The molecule has 0 aliphatic rings. The predicted octanol–water partition coefficient (Wildman–Crippen LogP) is 4.40. The molecule has 2 heterocycles. The monoisotopic (exact) mass is 597 g/mol. The number of aromatic nitrogens is 4. The molecular formula is C33H35N5O6. The number of nitrogens with one attached hydrogen (secondary N) is 1. The molecule has 11 heteroatoms. The molecule has 0 aliphatic carbocycles. The van der Waals surface area contributed by atoms with Gasteiger partial charge in [-0.3, -0.25) is 18.7 Å². The van der Waals surface area contributed by atoms with Crippen LogP contribution in [0.25, 0.3) is 10.9 Å². The number of carbonyl (C=O) groups excluding carboxylic acids is 1. The number of hydrogen-bond acceptors (Lipinski definition) is 7. The minimum atomic E-state index is -0.527. The Morgan fingerprint density at radius 3 is 2.52 bits per heavy atom. The quantitative estimate of drug-likeness (QED) is 0.182. The molecule has 5 rings (SSSR count). The number of para-hydroxylation sites is 3. The Balaban J connectivity index is 1.24. The van der Waals surface area contributed by atoms with E-state index in [1.807, 2.05) is 22.9 Å². The molecule has 11 nitrogen and oxygen atoms in total. The highest BCUT2D eigenvalue weighted by Gasteiger charge is 2.16. The van der Waals surface area contributed by atoms with Crippen molar-refractivity contribution in [2.24, 2.45) is 0 Å². The molecule has 1 amide bonds. The van der Waals surface area contributed by atoms with Crippen molar-refractivity contribution in [3.05, 3.63) is 112 Å². The fourth-order valence-electron chi connectivity index (χ4n) is 5.03. The Kier molecular flexibility index (Phi) is 9.75. The van der Waals surface area contributed by atoms with Crippen molar-refractivity contribution in [2.45, 2.75) is 45.3 Å². The normalized spacial score (nSPS) is 11.0. The summed E-state index contributed by atoms with van der Waals surface area (Å²) in [4.78, 5) is 43.5. The van der Waals surface area contributed by atoms with Crippen LogP contribution in [-0.4, -0.2) is 43.4 Å². The second-order valence-corrected chi connectivity index (χ2v) is 10.4. The molecule has 0 fully saturated rings. The molecule has 0 radical (unpaired) electrons. The Bertz CT molecular complexity index is 1830. The number of amides is 1. The minimum absolute atomic E-state index is 0.0698. The summed E-state index contributed by atoms with van der Waals surface area (Å²) in [5.74, 6) is 0.945. The zero-order valence-corrected chi connectivity index (χ0v) is 24.5. The van der Waals surface area contributed by atoms with Crippen LogP contribution in [0, 0.1) is 0 Å². The van der Waals surface area contributed by atoms with Gasteiger partial charge in [0.15, 0.2) is 0 Å². The molecule has 0 unspecified atom stereocenters. The van der Waals surface area contributed by atoms with Gasteiger partial charge in [0, 0.05) is 31.9 Å². The van der Waals surface area contributed by atoms with Crippen molar-refractivity contribution >= 4 is 22.5 Å². The van der Waals surface area contributed by atoms with Crippen molar-refractivity contribution in [1.82, 2.24) is 18.7 Å². The van der Waals surface area contributed by atoms with Gasteiger partial charge in [0.2, 0.25) is 5.91 Å². The number of ether oxygens (including phenoxy) is 2. The maximum atomic E-state index is 13.6. The lowest BCUT2D eigenvalue weighted by Gasteiger charge is -2.16. The van der Waals surface area contributed by atoms with Crippen LogP contribution in [0.4, 0.5) is 5.69 Å². The number of phenols is 1. The van der Waals surface area contributed by atoms with Gasteiger partial charge in [0.05, 0.1) is 37.7 Å². The van der Waals surface area contributed by atoms with Crippen LogP contribution in [0.15, 0.2) is 95.0 Å². The number of methoxy groups -OCH3 is 1. The molecule has 3 aromatic carbocycles. The Morgan fingerprint density at radius 2 is 1.75 bits per heavy atom. The molecule has 44 heavy (non-hydrogen) atoms. The van der Waals surface area contributed by atoms with Crippen LogP contribution in [-0.2, 0) is 24.4 Å². The number of hydrogen-bond donors (Lipinski definition) is 2. The molecule has 0 spiro atoms. The first-order valence-corrected chi connectivity index (χ1v) is 14.5. The van der Waals surface area contributed by atoms with E-state index in [1.54, 1.807) is 68.2 Å². The topological polar surface area (TPSA) is 130 Å². The molecule has 0 aliphatic heterocycles. The first-order valence-electron chi connectivity index (χ1n) is 14.5. The SMILES string of the molecule is COc1ccc(Cn2c(=O)c3cccc(O)c3n(CCCOc3ccccc3NC(=O)CCCCn3ccnc3)c2=O)cc1. The smallest absolute Gasteiger partial charge is 0.331 e. The number of rotatable bonds is 14. The largest absolute Gasteiger partial charge is 0.506 e. The number of aromatic hydroxyl groups is 1. The summed E-state index contributed by atoms with van der Waals surface area (Å²) in [6, 6.07) is 19.0. The molecule has 0 bridgehead atoms. The molecule has 2 N–H and O–H groups in total. The highest BCUT2D eigenvalue weighted by atomic mass is 16.5. The lowest BCUT2D eigenvalue weighted by atomic mass is 10.2. The summed E-state index contributed by atoms with van der Waals surface area (Å²) in [7, 11) is 1.57. The third-order valence-electron chi connectivity index (χ3n) is 7.30. The average Bonchev–Trinajstić information content (AvgIpc) is 3.56. The number of phenolic OH excluding ortho intramolecular Hbond substituents is 1. The highest BCUT2D eigenvalue weighted by molar-refractivity contribution is 5.92. The standard InChI is InChI=1S/C33H35N5O6/c1-43-25-15-13-24(14-16-25)22-38-32(41)26-8-6-10-28(39)31(26)37(33(38)42)19-7-21-44-29-11-3-2-9-27(29)35-30(40)12-4-5-18-36-20-17-34-23-36/h2-3,6,8-11,13-17,20,23,39H,4-5,7,12,18-19,21-22H2,1H3,(H,35,40). The van der Waals surface area contributed by atoms with E-state index >= 15 is 0 Å². The predicted molar refractivity (Wildman–Crippen MR) is 167 cm³/mol. The number of imidazole rings is 1.